The third-order valence-electron chi connectivity index (χ3n) is 3.64. The van der Waals surface area contributed by atoms with Gasteiger partial charge in [-0.25, -0.2) is 0 Å². The Hall–Kier alpha value is -1.51. The van der Waals surface area contributed by atoms with E-state index in [4.69, 9.17) is 0 Å². The zero-order chi connectivity index (χ0) is 14.4. The average molecular weight is 262 g/mol. The Morgan fingerprint density at radius 2 is 1.58 bits per heavy atom. The van der Waals surface area contributed by atoms with Crippen molar-refractivity contribution < 1.29 is 4.79 Å². The second kappa shape index (κ2) is 7.17. The van der Waals surface area contributed by atoms with Crippen LogP contribution in [-0.2, 0) is 4.79 Å². The molecule has 0 radical (unpaired) electrons. The van der Waals surface area contributed by atoms with E-state index >= 15 is 0 Å². The zero-order valence-electron chi connectivity index (χ0n) is 12.6. The molecule has 106 valence electrons. The van der Waals surface area contributed by atoms with Crippen LogP contribution in [0.4, 0.5) is 0 Å². The fourth-order valence-corrected chi connectivity index (χ4v) is 2.19. The van der Waals surface area contributed by atoms with Crippen LogP contribution in [0.1, 0.15) is 27.7 Å². The van der Waals surface area contributed by atoms with Crippen LogP contribution in [0.15, 0.2) is 36.1 Å². The van der Waals surface area contributed by atoms with Crippen LogP contribution < -0.4 is 0 Å². The van der Waals surface area contributed by atoms with E-state index in [1.165, 1.54) is 11.3 Å². The Morgan fingerprint density at radius 1 is 1.05 bits per heavy atom. The quantitative estimate of drug-likeness (QED) is 0.727. The highest BCUT2D eigenvalue weighted by Gasteiger charge is 2.18. The summed E-state index contributed by atoms with van der Waals surface area (Å²) >= 11 is 0. The fourth-order valence-electron chi connectivity index (χ4n) is 2.19. The number of rotatable bonds is 4. The molecule has 3 nitrogen and oxygen atoms in total. The summed E-state index contributed by atoms with van der Waals surface area (Å²) < 4.78 is 0. The maximum Gasteiger partial charge on any atom is 0.219 e. The highest BCUT2D eigenvalue weighted by Crippen LogP contribution is 2.13. The number of hydrogen-bond donors (Lipinski definition) is 0. The Kier molecular flexibility index (Phi) is 5.87. The molecule has 1 aliphatic heterocycles. The number of allylic oxidation sites excluding steroid dienone is 5. The summed E-state index contributed by atoms with van der Waals surface area (Å²) in [5.41, 5.74) is 2.50. The van der Waals surface area contributed by atoms with Gasteiger partial charge in [0.1, 0.15) is 0 Å². The van der Waals surface area contributed by atoms with Gasteiger partial charge in [-0.3, -0.25) is 4.79 Å². The van der Waals surface area contributed by atoms with E-state index in [9.17, 15) is 4.79 Å². The number of nitrogens with zero attached hydrogens (tertiary/aromatic N) is 2. The molecule has 19 heavy (non-hydrogen) atoms. The van der Waals surface area contributed by atoms with Crippen molar-refractivity contribution >= 4 is 5.91 Å². The van der Waals surface area contributed by atoms with Crippen LogP contribution in [0.2, 0.25) is 0 Å². The van der Waals surface area contributed by atoms with Crippen LogP contribution in [0.25, 0.3) is 0 Å². The first kappa shape index (κ1) is 15.5. The van der Waals surface area contributed by atoms with E-state index < -0.39 is 0 Å². The van der Waals surface area contributed by atoms with Gasteiger partial charge in [0.05, 0.1) is 0 Å². The lowest BCUT2D eigenvalue weighted by Crippen LogP contribution is -2.47. The standard InChI is InChI=1S/C16H26N2O/c1-6-16(13(2)3)8-7-14(4)17-9-11-18(12-10-17)15(5)19/h6-8,13H,1,9-12H2,2-5H3/b14-7+,16-8+. The van der Waals surface area contributed by atoms with Gasteiger partial charge in [0.25, 0.3) is 0 Å². The summed E-state index contributed by atoms with van der Waals surface area (Å²) in [5, 5.41) is 0. The first-order valence-corrected chi connectivity index (χ1v) is 6.97. The highest BCUT2D eigenvalue weighted by atomic mass is 16.2. The molecule has 0 spiro atoms. The molecular weight excluding hydrogens is 236 g/mol. The predicted octanol–water partition coefficient (Wildman–Crippen LogP) is 2.82. The van der Waals surface area contributed by atoms with E-state index in [0.29, 0.717) is 5.92 Å². The van der Waals surface area contributed by atoms with Gasteiger partial charge in [-0.15, -0.1) is 0 Å². The van der Waals surface area contributed by atoms with Gasteiger partial charge in [0.2, 0.25) is 5.91 Å². The second-order valence-electron chi connectivity index (χ2n) is 5.33. The molecule has 0 saturated carbocycles. The van der Waals surface area contributed by atoms with E-state index in [1.54, 1.807) is 6.92 Å². The van der Waals surface area contributed by atoms with Gasteiger partial charge < -0.3 is 9.80 Å². The lowest BCUT2D eigenvalue weighted by atomic mass is 10.0. The first-order chi connectivity index (χ1) is 8.95. The van der Waals surface area contributed by atoms with Crippen LogP contribution in [0.5, 0.6) is 0 Å². The van der Waals surface area contributed by atoms with Crippen LogP contribution in [0, 0.1) is 5.92 Å². The lowest BCUT2D eigenvalue weighted by Gasteiger charge is -2.36. The normalized spacial score (nSPS) is 17.9. The van der Waals surface area contributed by atoms with Crippen molar-refractivity contribution in [3.05, 3.63) is 36.1 Å². The van der Waals surface area contributed by atoms with Gasteiger partial charge in [-0.1, -0.05) is 32.6 Å². The largest absolute Gasteiger partial charge is 0.371 e. The second-order valence-corrected chi connectivity index (χ2v) is 5.33. The number of carbonyl (C=O) groups is 1. The smallest absolute Gasteiger partial charge is 0.219 e. The minimum absolute atomic E-state index is 0.176. The first-order valence-electron chi connectivity index (χ1n) is 6.97. The molecule has 3 heteroatoms. The minimum Gasteiger partial charge on any atom is -0.371 e. The summed E-state index contributed by atoms with van der Waals surface area (Å²) in [7, 11) is 0. The van der Waals surface area contributed by atoms with Crippen molar-refractivity contribution in [3.8, 4) is 0 Å². The van der Waals surface area contributed by atoms with Crippen molar-refractivity contribution in [2.75, 3.05) is 26.2 Å². The Morgan fingerprint density at radius 3 is 2.00 bits per heavy atom. The SMILES string of the molecule is C=C/C(=C\C=C(/C)N1CCN(C(C)=O)CC1)C(C)C. The van der Waals surface area contributed by atoms with Gasteiger partial charge in [0.15, 0.2) is 0 Å². The molecule has 0 unspecified atom stereocenters. The molecule has 1 fully saturated rings. The number of hydrogen-bond acceptors (Lipinski definition) is 2. The van der Waals surface area contributed by atoms with Crippen molar-refractivity contribution in [2.45, 2.75) is 27.7 Å². The number of amides is 1. The van der Waals surface area contributed by atoms with Crippen LogP contribution in [0.3, 0.4) is 0 Å². The summed E-state index contributed by atoms with van der Waals surface area (Å²) in [5.74, 6) is 0.672. The van der Waals surface area contributed by atoms with Crippen molar-refractivity contribution in [1.82, 2.24) is 9.80 Å². The van der Waals surface area contributed by atoms with Gasteiger partial charge >= 0.3 is 0 Å². The molecule has 1 amide bonds. The van der Waals surface area contributed by atoms with Crippen LogP contribution >= 0.6 is 0 Å². The fraction of sp³-hybridized carbons (Fsp3) is 0.562. The van der Waals surface area contributed by atoms with E-state index in [0.717, 1.165) is 26.2 Å². The molecule has 0 bridgehead atoms. The summed E-state index contributed by atoms with van der Waals surface area (Å²) in [4.78, 5) is 15.5. The van der Waals surface area contributed by atoms with E-state index in [2.05, 4.69) is 44.4 Å². The molecule has 1 heterocycles. The van der Waals surface area contributed by atoms with Crippen molar-refractivity contribution in [1.29, 1.82) is 0 Å². The summed E-state index contributed by atoms with van der Waals surface area (Å²) in [6, 6.07) is 0. The Bertz CT molecular complexity index is 386. The van der Waals surface area contributed by atoms with Crippen molar-refractivity contribution in [2.24, 2.45) is 5.92 Å². The number of piperazine rings is 1. The summed E-state index contributed by atoms with van der Waals surface area (Å²) in [6.45, 7) is 15.4. The molecular formula is C16H26N2O. The maximum atomic E-state index is 11.3. The molecule has 0 aliphatic carbocycles. The van der Waals surface area contributed by atoms with E-state index in [-0.39, 0.29) is 5.91 Å². The monoisotopic (exact) mass is 262 g/mol. The molecule has 0 atom stereocenters. The summed E-state index contributed by atoms with van der Waals surface area (Å²) in [6.07, 6.45) is 6.22. The molecule has 0 N–H and O–H groups in total. The van der Waals surface area contributed by atoms with Gasteiger partial charge in [-0.2, -0.15) is 0 Å². The molecule has 1 saturated heterocycles. The molecule has 0 aromatic rings. The lowest BCUT2D eigenvalue weighted by molar-refractivity contribution is -0.130. The van der Waals surface area contributed by atoms with Crippen LogP contribution in [-0.4, -0.2) is 41.9 Å². The minimum atomic E-state index is 0.176. The van der Waals surface area contributed by atoms with Gasteiger partial charge in [0, 0.05) is 38.8 Å². The average Bonchev–Trinajstić information content (AvgIpc) is 2.38. The molecule has 0 aromatic heterocycles. The Balaban J connectivity index is 2.62. The molecule has 1 aliphatic rings. The molecule has 0 aromatic carbocycles. The highest BCUT2D eigenvalue weighted by molar-refractivity contribution is 5.73. The third kappa shape index (κ3) is 4.58. The van der Waals surface area contributed by atoms with Gasteiger partial charge in [-0.05, 0) is 24.5 Å². The third-order valence-corrected chi connectivity index (χ3v) is 3.64. The van der Waals surface area contributed by atoms with Crippen molar-refractivity contribution in [3.63, 3.8) is 0 Å². The number of carbonyl (C=O) groups excluding carboxylic acids is 1. The maximum absolute atomic E-state index is 11.3. The molecule has 1 rings (SSSR count). The zero-order valence-corrected chi connectivity index (χ0v) is 12.6. The van der Waals surface area contributed by atoms with E-state index in [1.807, 2.05) is 11.0 Å². The topological polar surface area (TPSA) is 23.6 Å². The Labute approximate surface area is 117 Å². The predicted molar refractivity (Wildman–Crippen MR) is 80.7 cm³/mol.